The predicted molar refractivity (Wildman–Crippen MR) is 121 cm³/mol. The highest BCUT2D eigenvalue weighted by atomic mass is 16.5. The second kappa shape index (κ2) is 9.42. The van der Waals surface area contributed by atoms with Crippen LogP contribution in [0.2, 0.25) is 0 Å². The minimum absolute atomic E-state index is 0.0509. The molecule has 2 aromatic rings. The summed E-state index contributed by atoms with van der Waals surface area (Å²) in [6, 6.07) is 15.6. The van der Waals surface area contributed by atoms with Crippen LogP contribution in [0.15, 0.2) is 48.5 Å². The van der Waals surface area contributed by atoms with Crippen molar-refractivity contribution in [2.45, 2.75) is 51.6 Å². The second-order valence-corrected chi connectivity index (χ2v) is 8.53. The van der Waals surface area contributed by atoms with Gasteiger partial charge in [0.05, 0.1) is 5.92 Å². The van der Waals surface area contributed by atoms with E-state index in [-0.39, 0.29) is 18.9 Å². The number of nitrogens with one attached hydrogen (secondary N) is 2. The molecule has 1 aliphatic carbocycles. The third-order valence-corrected chi connectivity index (χ3v) is 6.43. The zero-order valence-electron chi connectivity index (χ0n) is 18.8. The van der Waals surface area contributed by atoms with E-state index in [0.29, 0.717) is 0 Å². The summed E-state index contributed by atoms with van der Waals surface area (Å²) >= 11 is 0. The van der Waals surface area contributed by atoms with Crippen molar-refractivity contribution < 1.29 is 24.2 Å². The first-order valence-corrected chi connectivity index (χ1v) is 10.8. The smallest absolute Gasteiger partial charge is 0.407 e. The van der Waals surface area contributed by atoms with E-state index in [4.69, 9.17) is 4.74 Å². The van der Waals surface area contributed by atoms with Crippen LogP contribution < -0.4 is 10.6 Å². The van der Waals surface area contributed by atoms with Crippen LogP contribution >= 0.6 is 0 Å². The van der Waals surface area contributed by atoms with Crippen molar-refractivity contribution >= 4 is 18.0 Å². The van der Waals surface area contributed by atoms with Crippen molar-refractivity contribution in [2.24, 2.45) is 5.92 Å². The van der Waals surface area contributed by atoms with E-state index in [2.05, 4.69) is 22.8 Å². The molecule has 7 nitrogen and oxygen atoms in total. The van der Waals surface area contributed by atoms with Gasteiger partial charge in [0.1, 0.15) is 12.1 Å². The molecule has 3 N–H and O–H groups in total. The van der Waals surface area contributed by atoms with Crippen LogP contribution in [0.3, 0.4) is 0 Å². The quantitative estimate of drug-likeness (QED) is 0.579. The Kier molecular flexibility index (Phi) is 6.87. The Morgan fingerprint density at radius 2 is 1.56 bits per heavy atom. The van der Waals surface area contributed by atoms with E-state index in [9.17, 15) is 19.5 Å². The number of carbonyl (C=O) groups is 3. The van der Waals surface area contributed by atoms with Gasteiger partial charge in [-0.25, -0.2) is 9.59 Å². The van der Waals surface area contributed by atoms with Gasteiger partial charge in [0.15, 0.2) is 0 Å². The van der Waals surface area contributed by atoms with Crippen LogP contribution in [0.5, 0.6) is 0 Å². The maximum atomic E-state index is 12.5. The lowest BCUT2D eigenvalue weighted by Gasteiger charge is -2.28. The van der Waals surface area contributed by atoms with Gasteiger partial charge in [-0.15, -0.1) is 0 Å². The number of alkyl carbamates (subject to hydrolysis) is 1. The monoisotopic (exact) mass is 438 g/mol. The highest BCUT2D eigenvalue weighted by molar-refractivity contribution is 5.88. The lowest BCUT2D eigenvalue weighted by atomic mass is 9.96. The molecule has 0 aromatic heterocycles. The van der Waals surface area contributed by atoms with Crippen molar-refractivity contribution in [3.05, 3.63) is 59.7 Å². The number of rotatable bonds is 8. The van der Waals surface area contributed by atoms with E-state index in [1.165, 1.54) is 6.92 Å². The normalized spacial score (nSPS) is 16.1. The summed E-state index contributed by atoms with van der Waals surface area (Å²) in [5, 5.41) is 14.6. The summed E-state index contributed by atoms with van der Waals surface area (Å²) in [6.45, 7) is 6.67. The SMILES string of the molecule is CCC(C)(NC(=O)C(C)C(C)NC(=O)OCC1c2ccccc2-c2ccccc21)C(=O)O. The third kappa shape index (κ3) is 4.61. The maximum Gasteiger partial charge on any atom is 0.407 e. The fraction of sp³-hybridized carbons (Fsp3) is 0.400. The summed E-state index contributed by atoms with van der Waals surface area (Å²) in [4.78, 5) is 36.4. The van der Waals surface area contributed by atoms with Gasteiger partial charge in [-0.2, -0.15) is 0 Å². The van der Waals surface area contributed by atoms with Crippen molar-refractivity contribution in [1.82, 2.24) is 10.6 Å². The van der Waals surface area contributed by atoms with Crippen molar-refractivity contribution in [2.75, 3.05) is 6.61 Å². The fourth-order valence-electron chi connectivity index (χ4n) is 3.86. The van der Waals surface area contributed by atoms with Crippen molar-refractivity contribution in [3.63, 3.8) is 0 Å². The molecule has 0 heterocycles. The minimum Gasteiger partial charge on any atom is -0.480 e. The van der Waals surface area contributed by atoms with Crippen LogP contribution in [0.1, 0.15) is 51.2 Å². The number of fused-ring (bicyclic) bond motifs is 3. The number of carboxylic acids is 1. The number of carboxylic acid groups (broad SMARTS) is 1. The van der Waals surface area contributed by atoms with Crippen LogP contribution in [0.25, 0.3) is 11.1 Å². The van der Waals surface area contributed by atoms with E-state index < -0.39 is 35.5 Å². The first kappa shape index (κ1) is 23.3. The van der Waals surface area contributed by atoms with Crippen molar-refractivity contribution in [1.29, 1.82) is 0 Å². The fourth-order valence-corrected chi connectivity index (χ4v) is 3.86. The molecular formula is C25H30N2O5. The number of ether oxygens (including phenoxy) is 1. The Balaban J connectivity index is 1.59. The van der Waals surface area contributed by atoms with Gasteiger partial charge in [0.25, 0.3) is 0 Å². The Morgan fingerprint density at radius 3 is 2.06 bits per heavy atom. The van der Waals surface area contributed by atoms with Gasteiger partial charge >= 0.3 is 12.1 Å². The molecule has 1 aliphatic rings. The number of amides is 2. The molecule has 0 saturated heterocycles. The average molecular weight is 439 g/mol. The predicted octanol–water partition coefficient (Wildman–Crippen LogP) is 3.92. The maximum absolute atomic E-state index is 12.5. The molecule has 2 aromatic carbocycles. The lowest BCUT2D eigenvalue weighted by Crippen LogP contribution is -2.55. The highest BCUT2D eigenvalue weighted by Gasteiger charge is 2.35. The molecule has 0 aliphatic heterocycles. The van der Waals surface area contributed by atoms with Gasteiger partial charge in [-0.05, 0) is 42.5 Å². The molecule has 170 valence electrons. The number of carbonyl (C=O) groups excluding carboxylic acids is 2. The van der Waals surface area contributed by atoms with E-state index in [0.717, 1.165) is 22.3 Å². The molecule has 32 heavy (non-hydrogen) atoms. The molecule has 0 bridgehead atoms. The molecule has 7 heteroatoms. The summed E-state index contributed by atoms with van der Waals surface area (Å²) in [7, 11) is 0. The van der Waals surface area contributed by atoms with Gasteiger partial charge in [0.2, 0.25) is 5.91 Å². The summed E-state index contributed by atoms with van der Waals surface area (Å²) in [6.07, 6.45) is -0.370. The van der Waals surface area contributed by atoms with Crippen LogP contribution in [0, 0.1) is 5.92 Å². The molecule has 3 rings (SSSR count). The van der Waals surface area contributed by atoms with Gasteiger partial charge in [0, 0.05) is 12.0 Å². The molecular weight excluding hydrogens is 408 g/mol. The molecule has 0 radical (unpaired) electrons. The summed E-state index contributed by atoms with van der Waals surface area (Å²) in [5.74, 6) is -2.23. The number of hydrogen-bond donors (Lipinski definition) is 3. The average Bonchev–Trinajstić information content (AvgIpc) is 3.10. The number of hydrogen-bond acceptors (Lipinski definition) is 4. The summed E-state index contributed by atoms with van der Waals surface area (Å²) in [5.41, 5.74) is 3.18. The second-order valence-electron chi connectivity index (χ2n) is 8.53. The zero-order chi connectivity index (χ0) is 23.5. The van der Waals surface area contributed by atoms with Crippen LogP contribution in [0.4, 0.5) is 4.79 Å². The Labute approximate surface area is 188 Å². The molecule has 0 saturated carbocycles. The van der Waals surface area contributed by atoms with Crippen LogP contribution in [-0.2, 0) is 14.3 Å². The zero-order valence-corrected chi connectivity index (χ0v) is 18.8. The minimum atomic E-state index is -1.35. The molecule has 0 spiro atoms. The molecule has 3 atom stereocenters. The molecule has 0 fully saturated rings. The van der Waals surface area contributed by atoms with Crippen molar-refractivity contribution in [3.8, 4) is 11.1 Å². The standard InChI is InChI=1S/C25H30N2O5/c1-5-25(4,23(29)30)27-22(28)15(2)16(3)26-24(31)32-14-21-19-12-8-6-10-17(19)18-11-7-9-13-20(18)21/h6-13,15-16,21H,5,14H2,1-4H3,(H,26,31)(H,27,28)(H,29,30). The van der Waals surface area contributed by atoms with Crippen LogP contribution in [-0.4, -0.2) is 41.3 Å². The van der Waals surface area contributed by atoms with E-state index in [1.54, 1.807) is 20.8 Å². The van der Waals surface area contributed by atoms with Gasteiger partial charge < -0.3 is 20.5 Å². The topological polar surface area (TPSA) is 105 Å². The first-order chi connectivity index (χ1) is 15.2. The highest BCUT2D eigenvalue weighted by Crippen LogP contribution is 2.44. The largest absolute Gasteiger partial charge is 0.480 e. The number of benzene rings is 2. The van der Waals surface area contributed by atoms with Gasteiger partial charge in [-0.3, -0.25) is 4.79 Å². The van der Waals surface area contributed by atoms with E-state index in [1.807, 2.05) is 36.4 Å². The Morgan fingerprint density at radius 1 is 1.03 bits per heavy atom. The first-order valence-electron chi connectivity index (χ1n) is 10.8. The molecule has 2 amide bonds. The van der Waals surface area contributed by atoms with Gasteiger partial charge in [-0.1, -0.05) is 62.4 Å². The Bertz CT molecular complexity index is 975. The third-order valence-electron chi connectivity index (χ3n) is 6.43. The van der Waals surface area contributed by atoms with E-state index >= 15 is 0 Å². The Hall–Kier alpha value is -3.35. The lowest BCUT2D eigenvalue weighted by molar-refractivity contribution is -0.147. The summed E-state index contributed by atoms with van der Waals surface area (Å²) < 4.78 is 5.52. The number of aliphatic carboxylic acids is 1. The molecule has 3 unspecified atom stereocenters.